The van der Waals surface area contributed by atoms with Gasteiger partial charge >= 0.3 is 0 Å². The molecule has 25 heavy (non-hydrogen) atoms. The summed E-state index contributed by atoms with van der Waals surface area (Å²) in [5.74, 6) is 1.73. The molecule has 3 aromatic rings. The van der Waals surface area contributed by atoms with Gasteiger partial charge in [-0.25, -0.2) is 0 Å². The number of hydrogen-bond donors (Lipinski definition) is 1. The standard InChI is InChI=1S/C18H17N3O3S/c1-3-14-17(25-21-20-14)18(22)19-12-8-10-13(11-9-12)24-16-7-5-4-6-15(16)23-2/h4-11H,3H2,1-2H3,(H,19,22). The molecule has 0 radical (unpaired) electrons. The van der Waals surface area contributed by atoms with Gasteiger partial charge in [0.2, 0.25) is 0 Å². The highest BCUT2D eigenvalue weighted by Crippen LogP contribution is 2.31. The highest BCUT2D eigenvalue weighted by molar-refractivity contribution is 7.08. The summed E-state index contributed by atoms with van der Waals surface area (Å²) < 4.78 is 14.9. The summed E-state index contributed by atoms with van der Waals surface area (Å²) in [5, 5.41) is 6.79. The third kappa shape index (κ3) is 3.95. The number of para-hydroxylation sites is 2. The quantitative estimate of drug-likeness (QED) is 0.719. The van der Waals surface area contributed by atoms with Gasteiger partial charge in [-0.1, -0.05) is 23.5 Å². The van der Waals surface area contributed by atoms with Crippen LogP contribution in [0.15, 0.2) is 48.5 Å². The molecule has 0 atom stereocenters. The maximum atomic E-state index is 12.3. The zero-order valence-corrected chi connectivity index (χ0v) is 14.7. The normalized spacial score (nSPS) is 10.3. The van der Waals surface area contributed by atoms with Crippen LogP contribution in [0.25, 0.3) is 0 Å². The Morgan fingerprint density at radius 1 is 1.12 bits per heavy atom. The van der Waals surface area contributed by atoms with Gasteiger partial charge in [0.05, 0.1) is 12.8 Å². The van der Waals surface area contributed by atoms with Crippen molar-refractivity contribution in [3.8, 4) is 17.2 Å². The molecule has 1 aromatic heterocycles. The lowest BCUT2D eigenvalue weighted by atomic mass is 10.2. The smallest absolute Gasteiger partial charge is 0.269 e. The molecule has 1 amide bonds. The van der Waals surface area contributed by atoms with Gasteiger partial charge in [0.25, 0.3) is 5.91 Å². The van der Waals surface area contributed by atoms with Crippen molar-refractivity contribution < 1.29 is 14.3 Å². The maximum absolute atomic E-state index is 12.3. The minimum atomic E-state index is -0.203. The van der Waals surface area contributed by atoms with Crippen molar-refractivity contribution in [3.63, 3.8) is 0 Å². The van der Waals surface area contributed by atoms with Crippen LogP contribution >= 0.6 is 11.5 Å². The topological polar surface area (TPSA) is 73.3 Å². The van der Waals surface area contributed by atoms with E-state index >= 15 is 0 Å². The third-order valence-corrected chi connectivity index (χ3v) is 4.27. The molecule has 0 aliphatic carbocycles. The highest BCUT2D eigenvalue weighted by Gasteiger charge is 2.15. The van der Waals surface area contributed by atoms with Crippen molar-refractivity contribution in [2.75, 3.05) is 12.4 Å². The molecular weight excluding hydrogens is 338 g/mol. The first-order valence-electron chi connectivity index (χ1n) is 7.74. The predicted molar refractivity (Wildman–Crippen MR) is 96.8 cm³/mol. The number of carbonyl (C=O) groups is 1. The van der Waals surface area contributed by atoms with Crippen LogP contribution in [-0.4, -0.2) is 22.6 Å². The average Bonchev–Trinajstić information content (AvgIpc) is 3.13. The van der Waals surface area contributed by atoms with E-state index in [0.29, 0.717) is 39.9 Å². The van der Waals surface area contributed by atoms with E-state index in [1.165, 1.54) is 0 Å². The molecule has 2 aromatic carbocycles. The average molecular weight is 355 g/mol. The molecule has 6 nitrogen and oxygen atoms in total. The summed E-state index contributed by atoms with van der Waals surface area (Å²) in [7, 11) is 1.60. The molecule has 0 spiro atoms. The minimum Gasteiger partial charge on any atom is -0.493 e. The summed E-state index contributed by atoms with van der Waals surface area (Å²) in [6.07, 6.45) is 0.672. The number of aromatic nitrogens is 2. The lowest BCUT2D eigenvalue weighted by Crippen LogP contribution is -2.12. The first-order valence-corrected chi connectivity index (χ1v) is 8.52. The molecule has 0 unspecified atom stereocenters. The molecule has 128 valence electrons. The number of hydrogen-bond acceptors (Lipinski definition) is 6. The van der Waals surface area contributed by atoms with Gasteiger partial charge in [-0.15, -0.1) is 5.10 Å². The molecule has 0 fully saturated rings. The number of anilines is 1. The van der Waals surface area contributed by atoms with Crippen LogP contribution in [0.1, 0.15) is 22.3 Å². The highest BCUT2D eigenvalue weighted by atomic mass is 32.1. The van der Waals surface area contributed by atoms with E-state index in [0.717, 1.165) is 11.5 Å². The molecule has 0 aliphatic heterocycles. The van der Waals surface area contributed by atoms with Gasteiger partial charge < -0.3 is 14.8 Å². The van der Waals surface area contributed by atoms with Crippen molar-refractivity contribution in [3.05, 3.63) is 59.1 Å². The van der Waals surface area contributed by atoms with E-state index in [1.807, 2.05) is 31.2 Å². The Morgan fingerprint density at radius 3 is 2.52 bits per heavy atom. The molecule has 0 bridgehead atoms. The summed E-state index contributed by atoms with van der Waals surface area (Å²) in [5.41, 5.74) is 1.38. The number of amides is 1. The predicted octanol–water partition coefficient (Wildman–Crippen LogP) is 4.15. The molecule has 7 heteroatoms. The second-order valence-corrected chi connectivity index (χ2v) is 5.89. The number of nitrogens with zero attached hydrogens (tertiary/aromatic N) is 2. The van der Waals surface area contributed by atoms with Crippen LogP contribution in [0, 0.1) is 0 Å². The fourth-order valence-corrected chi connectivity index (χ4v) is 2.88. The summed E-state index contributed by atoms with van der Waals surface area (Å²) >= 11 is 1.10. The second kappa shape index (κ2) is 7.76. The van der Waals surface area contributed by atoms with Crippen molar-refractivity contribution in [1.29, 1.82) is 0 Å². The lowest BCUT2D eigenvalue weighted by Gasteiger charge is -2.10. The Bertz CT molecular complexity index is 862. The van der Waals surface area contributed by atoms with Gasteiger partial charge in [0, 0.05) is 5.69 Å². The number of aryl methyl sites for hydroxylation is 1. The molecule has 1 heterocycles. The summed E-state index contributed by atoms with van der Waals surface area (Å²) in [4.78, 5) is 12.8. The van der Waals surface area contributed by atoms with Crippen molar-refractivity contribution in [2.24, 2.45) is 0 Å². The van der Waals surface area contributed by atoms with Crippen molar-refractivity contribution in [2.45, 2.75) is 13.3 Å². The van der Waals surface area contributed by atoms with Crippen LogP contribution < -0.4 is 14.8 Å². The van der Waals surface area contributed by atoms with Gasteiger partial charge in [0.15, 0.2) is 11.5 Å². The Kier molecular flexibility index (Phi) is 5.25. The zero-order valence-electron chi connectivity index (χ0n) is 13.9. The Hall–Kier alpha value is -2.93. The van der Waals surface area contributed by atoms with E-state index in [-0.39, 0.29) is 5.91 Å². The van der Waals surface area contributed by atoms with E-state index < -0.39 is 0 Å². The monoisotopic (exact) mass is 355 g/mol. The van der Waals surface area contributed by atoms with E-state index in [1.54, 1.807) is 31.4 Å². The molecule has 0 saturated carbocycles. The van der Waals surface area contributed by atoms with Crippen LogP contribution in [0.4, 0.5) is 5.69 Å². The molecule has 1 N–H and O–H groups in total. The third-order valence-electron chi connectivity index (χ3n) is 3.51. The van der Waals surface area contributed by atoms with Crippen LogP contribution in [0.5, 0.6) is 17.2 Å². The minimum absolute atomic E-state index is 0.203. The van der Waals surface area contributed by atoms with Crippen molar-refractivity contribution in [1.82, 2.24) is 9.59 Å². The van der Waals surface area contributed by atoms with Crippen LogP contribution in [-0.2, 0) is 6.42 Å². The summed E-state index contributed by atoms with van der Waals surface area (Å²) in [6, 6.07) is 14.5. The zero-order chi connectivity index (χ0) is 17.6. The maximum Gasteiger partial charge on any atom is 0.269 e. The first kappa shape index (κ1) is 16.9. The van der Waals surface area contributed by atoms with E-state index in [2.05, 4.69) is 14.9 Å². The van der Waals surface area contributed by atoms with Crippen LogP contribution in [0.3, 0.4) is 0 Å². The molecule has 0 aliphatic rings. The van der Waals surface area contributed by atoms with Gasteiger partial charge in [-0.3, -0.25) is 4.79 Å². The van der Waals surface area contributed by atoms with Gasteiger partial charge in [-0.05, 0) is 54.4 Å². The number of carbonyl (C=O) groups excluding carboxylic acids is 1. The van der Waals surface area contributed by atoms with Crippen LogP contribution in [0.2, 0.25) is 0 Å². The molecule has 0 saturated heterocycles. The van der Waals surface area contributed by atoms with Gasteiger partial charge in [-0.2, -0.15) is 0 Å². The fourth-order valence-electron chi connectivity index (χ4n) is 2.24. The number of benzene rings is 2. The number of methoxy groups -OCH3 is 1. The molecular formula is C18H17N3O3S. The SMILES string of the molecule is CCc1nnsc1C(=O)Nc1ccc(Oc2ccccc2OC)cc1. The number of rotatable bonds is 6. The number of ether oxygens (including phenoxy) is 2. The molecule has 3 rings (SSSR count). The van der Waals surface area contributed by atoms with Crippen molar-refractivity contribution >= 4 is 23.1 Å². The van der Waals surface area contributed by atoms with E-state index in [4.69, 9.17) is 9.47 Å². The summed E-state index contributed by atoms with van der Waals surface area (Å²) in [6.45, 7) is 1.94. The Balaban J connectivity index is 1.69. The first-order chi connectivity index (χ1) is 12.2. The second-order valence-electron chi connectivity index (χ2n) is 5.13. The Labute approximate surface area is 149 Å². The van der Waals surface area contributed by atoms with E-state index in [9.17, 15) is 4.79 Å². The lowest BCUT2D eigenvalue weighted by molar-refractivity contribution is 0.102. The largest absolute Gasteiger partial charge is 0.493 e. The van der Waals surface area contributed by atoms with Gasteiger partial charge in [0.1, 0.15) is 10.6 Å². The fraction of sp³-hybridized carbons (Fsp3) is 0.167. The Morgan fingerprint density at radius 2 is 1.84 bits per heavy atom. The number of nitrogens with one attached hydrogen (secondary N) is 1.